The molecule has 5 saturated heterocycles. The second-order valence-corrected chi connectivity index (χ2v) is 25.2. The van der Waals surface area contributed by atoms with Crippen LogP contribution in [-0.2, 0) is 44.4 Å². The summed E-state index contributed by atoms with van der Waals surface area (Å²) in [5, 5.41) is 68.9. The number of carbonyl (C=O) groups excluding carboxylic acids is 1. The maximum Gasteiger partial charge on any atom is 0.311 e. The number of rotatable bonds is 16. The van der Waals surface area contributed by atoms with Crippen LogP contribution in [0.15, 0.2) is 30.5 Å². The molecule has 2 aromatic rings. The van der Waals surface area contributed by atoms with Crippen molar-refractivity contribution in [1.82, 2.24) is 29.7 Å². The minimum atomic E-state index is -1.85. The van der Waals surface area contributed by atoms with Crippen LogP contribution >= 0.6 is 0 Å². The van der Waals surface area contributed by atoms with Gasteiger partial charge >= 0.3 is 5.97 Å². The average molecular weight is 1120 g/mol. The molecule has 5 fully saturated rings. The van der Waals surface area contributed by atoms with E-state index >= 15 is 4.39 Å². The summed E-state index contributed by atoms with van der Waals surface area (Å²) in [5.41, 5.74) is -1.95. The van der Waals surface area contributed by atoms with Gasteiger partial charge in [-0.05, 0) is 124 Å². The lowest BCUT2D eigenvalue weighted by molar-refractivity contribution is -0.318. The molecular weight excluding hydrogens is 1020 g/mol. The van der Waals surface area contributed by atoms with Crippen molar-refractivity contribution in [2.24, 2.45) is 29.6 Å². The van der Waals surface area contributed by atoms with Gasteiger partial charge in [-0.3, -0.25) is 4.79 Å². The van der Waals surface area contributed by atoms with E-state index in [2.05, 4.69) is 39.3 Å². The van der Waals surface area contributed by atoms with Gasteiger partial charge in [-0.15, -0.1) is 5.10 Å². The molecule has 0 spiro atoms. The lowest BCUT2D eigenvalue weighted by Gasteiger charge is -2.49. The predicted octanol–water partition coefficient (Wildman–Crippen LogP) is 4.00. The van der Waals surface area contributed by atoms with Crippen molar-refractivity contribution in [2.75, 3.05) is 86.2 Å². The zero-order valence-electron chi connectivity index (χ0n) is 49.9. The van der Waals surface area contributed by atoms with Crippen LogP contribution in [-0.4, -0.2) is 233 Å². The Morgan fingerprint density at radius 3 is 2.16 bits per heavy atom. The molecule has 1 aromatic heterocycles. The molecule has 5 N–H and O–H groups in total. The van der Waals surface area contributed by atoms with Crippen LogP contribution in [0.3, 0.4) is 0 Å². The Hall–Kier alpha value is -3.00. The molecule has 79 heavy (non-hydrogen) atoms. The number of fused-ring (bicyclic) bond motifs is 1. The smallest absolute Gasteiger partial charge is 0.311 e. The molecule has 5 aliphatic rings. The molecule has 0 bridgehead atoms. The van der Waals surface area contributed by atoms with E-state index < -0.39 is 127 Å². The number of hydrogen-bond donors (Lipinski definition) is 5. The van der Waals surface area contributed by atoms with Gasteiger partial charge in [0.1, 0.15) is 48.8 Å². The molecule has 450 valence electrons. The standard InChI is InChI=1S/C58H98FN7O13/c1-16-46-58(10,72)51(68)37(6)64(13)27-33(2)24-56(8,71)53(35(4)49(36(5)54(70)77-46)78-47-25-57(9,74-15)52(69)38(7)76-47)79-55-48(67)44(23-34(3)75-55)63(12)22-21-42-32-66(61-60-42)45(26-59)50(73-14)39-17-19-43(20-18-39)65-30-40-28-62(11)29-41(40)31-65/h17-20,32-38,40-41,44-53,55,67-69,71-72H,16,21-31H2,1-15H3/t33-,34-,35+,36-,37-,38+,40?,41?,44+,45-,46-,47+,48-,49+,50-,51-,52+,53-,55+,56-,57-,58-/m1/s1. The highest BCUT2D eigenvalue weighted by Gasteiger charge is 2.53. The normalized spacial score (nSPS) is 41.4. The number of cyclic esters (lactones) is 1. The monoisotopic (exact) mass is 1120 g/mol. The molecule has 7 rings (SSSR count). The van der Waals surface area contributed by atoms with Crippen LogP contribution in [0.2, 0.25) is 0 Å². The van der Waals surface area contributed by atoms with Gasteiger partial charge in [-0.25, -0.2) is 9.07 Å². The van der Waals surface area contributed by atoms with Crippen molar-refractivity contribution in [3.63, 3.8) is 0 Å². The van der Waals surface area contributed by atoms with Crippen LogP contribution in [0, 0.1) is 29.6 Å². The minimum Gasteiger partial charge on any atom is -0.459 e. The van der Waals surface area contributed by atoms with Gasteiger partial charge in [0, 0.05) is 96.2 Å². The quantitative estimate of drug-likeness (QED) is 0.150. The number of aliphatic hydroxyl groups is 5. The number of methoxy groups -OCH3 is 2. The molecule has 0 radical (unpaired) electrons. The third kappa shape index (κ3) is 14.2. The van der Waals surface area contributed by atoms with Gasteiger partial charge in [0.05, 0.1) is 47.2 Å². The highest BCUT2D eigenvalue weighted by Crippen LogP contribution is 2.41. The Balaban J connectivity index is 1.10. The number of anilines is 1. The Morgan fingerprint density at radius 2 is 1.56 bits per heavy atom. The number of likely N-dealkylation sites (tertiary alicyclic amines) is 1. The van der Waals surface area contributed by atoms with E-state index in [9.17, 15) is 30.3 Å². The molecule has 1 aromatic carbocycles. The number of esters is 1. The molecule has 2 unspecified atom stereocenters. The van der Waals surface area contributed by atoms with Crippen LogP contribution in [0.4, 0.5) is 10.1 Å². The SMILES string of the molecule is CC[C@H]1OC(=O)[C@H](C)[C@@H](O[C@H]2C[C@@](C)(OC)[C@@H](O)[C@H](C)O2)[C@H](C)[C@@H](O[C@@H]2O[C@H](C)C[C@H](N(C)CCc3cn([C@H](CF)[C@H](OC)c4ccc(N5CC6CN(C)CC6C5)cc4)nn3)[C@H]2O)[C@](C)(O)C[C@@H](C)CN(C)[C@H](C)[C@@H](O)[C@]1(C)O. The van der Waals surface area contributed by atoms with Crippen molar-refractivity contribution in [1.29, 1.82) is 0 Å². The first-order valence-corrected chi connectivity index (χ1v) is 29.0. The number of alkyl halides is 1. The molecule has 0 aliphatic carbocycles. The summed E-state index contributed by atoms with van der Waals surface area (Å²) < 4.78 is 61.0. The minimum absolute atomic E-state index is 0.0880. The second kappa shape index (κ2) is 26.3. The number of benzene rings is 1. The molecule has 0 saturated carbocycles. The zero-order chi connectivity index (χ0) is 58.1. The van der Waals surface area contributed by atoms with Crippen molar-refractivity contribution >= 4 is 11.7 Å². The van der Waals surface area contributed by atoms with Crippen molar-refractivity contribution < 1.29 is 67.9 Å². The lowest BCUT2D eigenvalue weighted by Crippen LogP contribution is -2.61. The Kier molecular flexibility index (Phi) is 21.2. The lowest BCUT2D eigenvalue weighted by atomic mass is 9.77. The maximum absolute atomic E-state index is 15.1. The molecular formula is C58H98FN7O13. The summed E-state index contributed by atoms with van der Waals surface area (Å²) in [4.78, 5) is 23.3. The van der Waals surface area contributed by atoms with Gasteiger partial charge in [0.2, 0.25) is 0 Å². The number of aliphatic hydroxyl groups excluding tert-OH is 3. The number of hydrogen-bond acceptors (Lipinski definition) is 19. The average Bonchev–Trinajstić information content (AvgIpc) is 4.24. The summed E-state index contributed by atoms with van der Waals surface area (Å²) in [7, 11) is 9.01. The third-order valence-corrected chi connectivity index (χ3v) is 18.7. The summed E-state index contributed by atoms with van der Waals surface area (Å²) >= 11 is 0. The maximum atomic E-state index is 15.1. The fraction of sp³-hybridized carbons (Fsp3) is 0.845. The molecule has 6 heterocycles. The van der Waals surface area contributed by atoms with Crippen molar-refractivity contribution in [3.8, 4) is 0 Å². The van der Waals surface area contributed by atoms with Gasteiger partial charge in [-0.1, -0.05) is 38.1 Å². The van der Waals surface area contributed by atoms with Crippen LogP contribution in [0.25, 0.3) is 0 Å². The summed E-state index contributed by atoms with van der Waals surface area (Å²) in [6.45, 7) is 21.9. The topological polar surface area (TPSA) is 226 Å². The van der Waals surface area contributed by atoms with Crippen LogP contribution < -0.4 is 4.90 Å². The molecule has 5 aliphatic heterocycles. The molecule has 0 amide bonds. The van der Waals surface area contributed by atoms with Crippen LogP contribution in [0.1, 0.15) is 118 Å². The van der Waals surface area contributed by atoms with Gasteiger partial charge in [0.25, 0.3) is 0 Å². The number of nitrogens with zero attached hydrogens (tertiary/aromatic N) is 7. The Bertz CT molecular complexity index is 2240. The van der Waals surface area contributed by atoms with Gasteiger partial charge in [-0.2, -0.15) is 0 Å². The van der Waals surface area contributed by atoms with E-state index in [1.165, 1.54) is 18.7 Å². The van der Waals surface area contributed by atoms with E-state index in [1.54, 1.807) is 54.8 Å². The zero-order valence-corrected chi connectivity index (χ0v) is 49.9. The van der Waals surface area contributed by atoms with E-state index in [4.69, 9.17) is 33.2 Å². The van der Waals surface area contributed by atoms with E-state index in [1.807, 2.05) is 56.8 Å². The van der Waals surface area contributed by atoms with Crippen LogP contribution in [0.5, 0.6) is 0 Å². The van der Waals surface area contributed by atoms with Gasteiger partial charge in [0.15, 0.2) is 12.6 Å². The second-order valence-electron chi connectivity index (χ2n) is 25.2. The fourth-order valence-electron chi connectivity index (χ4n) is 13.8. The molecule has 20 nitrogen and oxygen atoms in total. The third-order valence-electron chi connectivity index (χ3n) is 18.7. The summed E-state index contributed by atoms with van der Waals surface area (Å²) in [6, 6.07) is 6.40. The Labute approximate surface area is 469 Å². The van der Waals surface area contributed by atoms with E-state index in [0.717, 1.165) is 37.4 Å². The van der Waals surface area contributed by atoms with Crippen molar-refractivity contribution in [2.45, 2.75) is 204 Å². The number of ether oxygens (including phenoxy) is 7. The number of halogens is 1. The molecule has 22 atom stereocenters. The largest absolute Gasteiger partial charge is 0.459 e. The van der Waals surface area contributed by atoms with Crippen molar-refractivity contribution in [3.05, 3.63) is 41.7 Å². The highest BCUT2D eigenvalue weighted by molar-refractivity contribution is 5.73. The van der Waals surface area contributed by atoms with E-state index in [-0.39, 0.29) is 25.2 Å². The molecule has 21 heteroatoms. The number of carbonyl (C=O) groups is 1. The number of likely N-dealkylation sites (N-methyl/N-ethyl adjacent to an activating group) is 2. The number of aromatic nitrogens is 3. The predicted molar refractivity (Wildman–Crippen MR) is 295 cm³/mol. The Morgan fingerprint density at radius 1 is 0.899 bits per heavy atom. The first kappa shape index (κ1) is 63.6. The highest BCUT2D eigenvalue weighted by atomic mass is 19.1. The first-order valence-electron chi connectivity index (χ1n) is 29.0. The summed E-state index contributed by atoms with van der Waals surface area (Å²) in [5.74, 6) is -1.51. The first-order chi connectivity index (χ1) is 37.2. The fourth-order valence-corrected chi connectivity index (χ4v) is 13.8. The van der Waals surface area contributed by atoms with Gasteiger partial charge < -0.3 is 78.3 Å². The van der Waals surface area contributed by atoms with E-state index in [0.29, 0.717) is 43.5 Å². The summed E-state index contributed by atoms with van der Waals surface area (Å²) in [6.07, 6.45) is -7.83.